The van der Waals surface area contributed by atoms with Gasteiger partial charge in [0.25, 0.3) is 0 Å². The maximum atomic E-state index is 13.8. The summed E-state index contributed by atoms with van der Waals surface area (Å²) in [6, 6.07) is 17.6. The minimum absolute atomic E-state index is 0.0346. The lowest BCUT2D eigenvalue weighted by molar-refractivity contribution is 0.474. The Hall–Kier alpha value is -2.73. The van der Waals surface area contributed by atoms with Crippen molar-refractivity contribution in [3.8, 4) is 16.9 Å². The summed E-state index contributed by atoms with van der Waals surface area (Å²) in [5.41, 5.74) is 1.27. The fourth-order valence-corrected chi connectivity index (χ4v) is 3.26. The van der Waals surface area contributed by atoms with Crippen LogP contribution in [0.4, 0.5) is 8.78 Å². The van der Waals surface area contributed by atoms with E-state index in [0.717, 1.165) is 17.7 Å². The molecule has 0 atom stereocenters. The van der Waals surface area contributed by atoms with Crippen molar-refractivity contribution in [1.29, 1.82) is 0 Å². The fraction of sp³-hybridized carbons (Fsp3) is 0. The summed E-state index contributed by atoms with van der Waals surface area (Å²) in [5, 5.41) is 0. The fourth-order valence-electron chi connectivity index (χ4n) is 2.23. The van der Waals surface area contributed by atoms with Gasteiger partial charge in [-0.05, 0) is 29.8 Å². The van der Waals surface area contributed by atoms with Crippen LogP contribution >= 0.6 is 0 Å². The summed E-state index contributed by atoms with van der Waals surface area (Å²) in [6.07, 6.45) is 0. The second-order valence-electron chi connectivity index (χ2n) is 4.97. The molecule has 3 rings (SSSR count). The van der Waals surface area contributed by atoms with Gasteiger partial charge >= 0.3 is 10.1 Å². The van der Waals surface area contributed by atoms with Gasteiger partial charge in [0.05, 0.1) is 0 Å². The molecule has 0 saturated heterocycles. The Morgan fingerprint density at radius 3 is 2.21 bits per heavy atom. The molecule has 0 aliphatic carbocycles. The lowest BCUT2D eigenvalue weighted by Gasteiger charge is -2.12. The highest BCUT2D eigenvalue weighted by atomic mass is 32.2. The van der Waals surface area contributed by atoms with Crippen LogP contribution in [0.15, 0.2) is 77.7 Å². The quantitative estimate of drug-likeness (QED) is 0.658. The van der Waals surface area contributed by atoms with Gasteiger partial charge in [-0.15, -0.1) is 0 Å². The molecule has 3 aromatic rings. The van der Waals surface area contributed by atoms with Gasteiger partial charge in [-0.3, -0.25) is 0 Å². The molecule has 0 spiro atoms. The third kappa shape index (κ3) is 3.28. The third-order valence-corrected chi connectivity index (χ3v) is 4.58. The number of benzene rings is 3. The molecule has 24 heavy (non-hydrogen) atoms. The second-order valence-corrected chi connectivity index (χ2v) is 6.49. The maximum absolute atomic E-state index is 13.8. The summed E-state index contributed by atoms with van der Waals surface area (Å²) in [4.78, 5) is -0.842. The normalized spacial score (nSPS) is 11.2. The number of rotatable bonds is 4. The predicted molar refractivity (Wildman–Crippen MR) is 86.0 cm³/mol. The first-order valence-corrected chi connectivity index (χ1v) is 8.42. The Labute approximate surface area is 138 Å². The van der Waals surface area contributed by atoms with E-state index in [4.69, 9.17) is 4.18 Å². The first-order chi connectivity index (χ1) is 11.5. The average Bonchev–Trinajstić information content (AvgIpc) is 2.58. The first kappa shape index (κ1) is 16.1. The number of para-hydroxylation sites is 1. The van der Waals surface area contributed by atoms with E-state index in [1.54, 1.807) is 42.5 Å². The minimum atomic E-state index is -4.51. The minimum Gasteiger partial charge on any atom is -0.378 e. The van der Waals surface area contributed by atoms with Gasteiger partial charge in [0.2, 0.25) is 0 Å². The van der Waals surface area contributed by atoms with Crippen LogP contribution < -0.4 is 4.18 Å². The molecule has 0 unspecified atom stereocenters. The summed E-state index contributed by atoms with van der Waals surface area (Å²) in [5.74, 6) is -1.91. The van der Waals surface area contributed by atoms with Crippen molar-refractivity contribution in [2.45, 2.75) is 4.90 Å². The molecule has 0 saturated carbocycles. The zero-order valence-electron chi connectivity index (χ0n) is 12.3. The van der Waals surface area contributed by atoms with Gasteiger partial charge < -0.3 is 4.18 Å². The SMILES string of the molecule is O=S(=O)(Oc1ccccc1-c1ccccc1)c1cc(F)ccc1F. The molecule has 0 amide bonds. The van der Waals surface area contributed by atoms with Crippen molar-refractivity contribution < 1.29 is 21.4 Å². The van der Waals surface area contributed by atoms with Crippen molar-refractivity contribution in [2.75, 3.05) is 0 Å². The lowest BCUT2D eigenvalue weighted by Crippen LogP contribution is -2.12. The summed E-state index contributed by atoms with van der Waals surface area (Å²) in [7, 11) is -4.51. The van der Waals surface area contributed by atoms with Crippen LogP contribution in [0.1, 0.15) is 0 Å². The van der Waals surface area contributed by atoms with Gasteiger partial charge in [0, 0.05) is 5.56 Å². The van der Waals surface area contributed by atoms with E-state index in [2.05, 4.69) is 0 Å². The van der Waals surface area contributed by atoms with E-state index < -0.39 is 26.6 Å². The number of hydrogen-bond acceptors (Lipinski definition) is 3. The molecule has 0 fully saturated rings. The standard InChI is InChI=1S/C18H12F2O3S/c19-14-10-11-16(20)18(12-14)24(21,22)23-17-9-5-4-8-15(17)13-6-2-1-3-7-13/h1-12H. The predicted octanol–water partition coefficient (Wildman–Crippen LogP) is 4.40. The molecule has 0 aliphatic rings. The van der Waals surface area contributed by atoms with Crippen molar-refractivity contribution in [2.24, 2.45) is 0 Å². The van der Waals surface area contributed by atoms with Crippen molar-refractivity contribution in [3.05, 3.63) is 84.4 Å². The molecular weight excluding hydrogens is 334 g/mol. The highest BCUT2D eigenvalue weighted by Crippen LogP contribution is 2.32. The zero-order valence-corrected chi connectivity index (χ0v) is 13.1. The molecule has 0 radical (unpaired) electrons. The van der Waals surface area contributed by atoms with E-state index in [9.17, 15) is 17.2 Å². The Morgan fingerprint density at radius 1 is 0.792 bits per heavy atom. The van der Waals surface area contributed by atoms with Crippen molar-refractivity contribution >= 4 is 10.1 Å². The van der Waals surface area contributed by atoms with Gasteiger partial charge in [-0.25, -0.2) is 8.78 Å². The average molecular weight is 346 g/mol. The molecule has 0 N–H and O–H groups in total. The van der Waals surface area contributed by atoms with Crippen LogP contribution in [-0.4, -0.2) is 8.42 Å². The summed E-state index contributed by atoms with van der Waals surface area (Å²) < 4.78 is 56.8. The van der Waals surface area contributed by atoms with Crippen LogP contribution in [0.3, 0.4) is 0 Å². The van der Waals surface area contributed by atoms with Crippen molar-refractivity contribution in [3.63, 3.8) is 0 Å². The van der Waals surface area contributed by atoms with Crippen LogP contribution in [0.5, 0.6) is 5.75 Å². The van der Waals surface area contributed by atoms with E-state index in [1.165, 1.54) is 6.07 Å². The number of halogens is 2. The molecule has 0 aliphatic heterocycles. The van der Waals surface area contributed by atoms with Crippen LogP contribution in [0, 0.1) is 11.6 Å². The Kier molecular flexibility index (Phi) is 4.31. The smallest absolute Gasteiger partial charge is 0.342 e. The molecule has 0 heterocycles. The monoisotopic (exact) mass is 346 g/mol. The lowest BCUT2D eigenvalue weighted by atomic mass is 10.1. The van der Waals surface area contributed by atoms with Crippen molar-refractivity contribution in [1.82, 2.24) is 0 Å². The van der Waals surface area contributed by atoms with Crippen LogP contribution in [0.2, 0.25) is 0 Å². The molecule has 3 aromatic carbocycles. The van der Waals surface area contributed by atoms with E-state index >= 15 is 0 Å². The van der Waals surface area contributed by atoms with Gasteiger partial charge in [-0.1, -0.05) is 48.5 Å². The zero-order chi connectivity index (χ0) is 17.2. The number of hydrogen-bond donors (Lipinski definition) is 0. The highest BCUT2D eigenvalue weighted by Gasteiger charge is 2.23. The van der Waals surface area contributed by atoms with Crippen LogP contribution in [-0.2, 0) is 10.1 Å². The molecular formula is C18H12F2O3S. The van der Waals surface area contributed by atoms with Gasteiger partial charge in [0.1, 0.15) is 16.5 Å². The molecule has 0 bridgehead atoms. The largest absolute Gasteiger partial charge is 0.378 e. The van der Waals surface area contributed by atoms with Crippen LogP contribution in [0.25, 0.3) is 11.1 Å². The molecule has 0 aromatic heterocycles. The first-order valence-electron chi connectivity index (χ1n) is 7.01. The Morgan fingerprint density at radius 2 is 1.46 bits per heavy atom. The maximum Gasteiger partial charge on any atom is 0.342 e. The Balaban J connectivity index is 2.04. The van der Waals surface area contributed by atoms with Gasteiger partial charge in [0.15, 0.2) is 5.75 Å². The summed E-state index contributed by atoms with van der Waals surface area (Å²) in [6.45, 7) is 0. The molecule has 3 nitrogen and oxygen atoms in total. The third-order valence-electron chi connectivity index (χ3n) is 3.33. The topological polar surface area (TPSA) is 43.4 Å². The summed E-state index contributed by atoms with van der Waals surface area (Å²) >= 11 is 0. The van der Waals surface area contributed by atoms with E-state index in [0.29, 0.717) is 11.6 Å². The highest BCUT2D eigenvalue weighted by molar-refractivity contribution is 7.87. The molecule has 6 heteroatoms. The second kappa shape index (κ2) is 6.41. The Bertz CT molecular complexity index is 971. The molecule has 122 valence electrons. The van der Waals surface area contributed by atoms with Gasteiger partial charge in [-0.2, -0.15) is 8.42 Å². The van der Waals surface area contributed by atoms with E-state index in [1.807, 2.05) is 6.07 Å². The van der Waals surface area contributed by atoms with E-state index in [-0.39, 0.29) is 5.75 Å².